The SMILES string of the molecule is CCCCSC(C)C(=O)NCCCN1CCNCC1.Cl. The van der Waals surface area contributed by atoms with E-state index >= 15 is 0 Å². The molecule has 0 aliphatic carbocycles. The van der Waals surface area contributed by atoms with Crippen molar-refractivity contribution in [1.82, 2.24) is 15.5 Å². The number of halogens is 1. The molecule has 2 N–H and O–H groups in total. The molecule has 0 radical (unpaired) electrons. The highest BCUT2D eigenvalue weighted by molar-refractivity contribution is 8.00. The molecule has 1 rings (SSSR count). The summed E-state index contributed by atoms with van der Waals surface area (Å²) in [5.41, 5.74) is 0. The zero-order valence-corrected chi connectivity index (χ0v) is 14.5. The summed E-state index contributed by atoms with van der Waals surface area (Å²) in [7, 11) is 0. The quantitative estimate of drug-likeness (QED) is 0.634. The molecule has 0 aromatic rings. The number of hydrogen-bond acceptors (Lipinski definition) is 4. The Labute approximate surface area is 134 Å². The van der Waals surface area contributed by atoms with E-state index in [1.54, 1.807) is 11.8 Å². The molecule has 4 nitrogen and oxygen atoms in total. The monoisotopic (exact) mass is 323 g/mol. The molecule has 120 valence electrons. The lowest BCUT2D eigenvalue weighted by Gasteiger charge is -2.27. The summed E-state index contributed by atoms with van der Waals surface area (Å²) in [4.78, 5) is 14.3. The first-order chi connectivity index (χ1) is 9.24. The minimum atomic E-state index is 0. The lowest BCUT2D eigenvalue weighted by atomic mass is 10.3. The van der Waals surface area contributed by atoms with Crippen LogP contribution in [-0.4, -0.2) is 61.1 Å². The first-order valence-electron chi connectivity index (χ1n) is 7.56. The fourth-order valence-electron chi connectivity index (χ4n) is 2.07. The van der Waals surface area contributed by atoms with Gasteiger partial charge in [0.2, 0.25) is 5.91 Å². The zero-order chi connectivity index (χ0) is 13.9. The van der Waals surface area contributed by atoms with Crippen molar-refractivity contribution in [3.8, 4) is 0 Å². The molecule has 1 atom stereocenters. The van der Waals surface area contributed by atoms with E-state index in [-0.39, 0.29) is 23.6 Å². The molecule has 1 heterocycles. The van der Waals surface area contributed by atoms with Gasteiger partial charge in [0.05, 0.1) is 5.25 Å². The first-order valence-corrected chi connectivity index (χ1v) is 8.61. The van der Waals surface area contributed by atoms with Gasteiger partial charge in [0.15, 0.2) is 0 Å². The second kappa shape index (κ2) is 12.7. The van der Waals surface area contributed by atoms with E-state index in [1.807, 2.05) is 6.92 Å². The van der Waals surface area contributed by atoms with E-state index < -0.39 is 0 Å². The number of rotatable bonds is 9. The third kappa shape index (κ3) is 9.06. The minimum absolute atomic E-state index is 0. The van der Waals surface area contributed by atoms with Crippen molar-refractivity contribution < 1.29 is 4.79 Å². The molecule has 1 fully saturated rings. The third-order valence-corrected chi connectivity index (χ3v) is 4.63. The maximum atomic E-state index is 11.8. The number of hydrogen-bond donors (Lipinski definition) is 2. The molecule has 0 bridgehead atoms. The summed E-state index contributed by atoms with van der Waals surface area (Å²) >= 11 is 1.76. The van der Waals surface area contributed by atoms with Crippen LogP contribution in [0.3, 0.4) is 0 Å². The maximum absolute atomic E-state index is 11.8. The number of amides is 1. The Bertz CT molecular complexity index is 251. The molecule has 0 aromatic carbocycles. The van der Waals surface area contributed by atoms with Crippen molar-refractivity contribution in [3.05, 3.63) is 0 Å². The summed E-state index contributed by atoms with van der Waals surface area (Å²) in [6.07, 6.45) is 3.45. The largest absolute Gasteiger partial charge is 0.355 e. The Balaban J connectivity index is 0.00000361. The van der Waals surface area contributed by atoms with Crippen LogP contribution >= 0.6 is 24.2 Å². The predicted octanol–water partition coefficient (Wildman–Crippen LogP) is 1.74. The normalized spacial score (nSPS) is 17.3. The van der Waals surface area contributed by atoms with Crippen LogP contribution in [0.2, 0.25) is 0 Å². The molecular weight excluding hydrogens is 294 g/mol. The van der Waals surface area contributed by atoms with E-state index in [4.69, 9.17) is 0 Å². The molecule has 1 unspecified atom stereocenters. The highest BCUT2D eigenvalue weighted by Gasteiger charge is 2.13. The molecule has 0 spiro atoms. The van der Waals surface area contributed by atoms with Gasteiger partial charge in [0.1, 0.15) is 0 Å². The third-order valence-electron chi connectivity index (χ3n) is 3.39. The first kappa shape index (κ1) is 20.0. The summed E-state index contributed by atoms with van der Waals surface area (Å²) in [5, 5.41) is 6.48. The number of nitrogens with zero attached hydrogens (tertiary/aromatic N) is 1. The van der Waals surface area contributed by atoms with Crippen LogP contribution in [0, 0.1) is 0 Å². The number of thioether (sulfide) groups is 1. The Morgan fingerprint density at radius 1 is 1.35 bits per heavy atom. The highest BCUT2D eigenvalue weighted by Crippen LogP contribution is 2.12. The van der Waals surface area contributed by atoms with Crippen LogP contribution < -0.4 is 10.6 Å². The highest BCUT2D eigenvalue weighted by atomic mass is 35.5. The Kier molecular flexibility index (Phi) is 12.8. The second-order valence-corrected chi connectivity index (χ2v) is 6.55. The molecule has 1 aliphatic rings. The van der Waals surface area contributed by atoms with Gasteiger partial charge in [-0.1, -0.05) is 13.3 Å². The molecule has 1 saturated heterocycles. The number of carbonyl (C=O) groups is 1. The lowest BCUT2D eigenvalue weighted by molar-refractivity contribution is -0.120. The molecular formula is C14H30ClN3OS. The van der Waals surface area contributed by atoms with Gasteiger partial charge < -0.3 is 15.5 Å². The van der Waals surface area contributed by atoms with Crippen LogP contribution in [0.5, 0.6) is 0 Å². The van der Waals surface area contributed by atoms with E-state index in [2.05, 4.69) is 22.5 Å². The fraction of sp³-hybridized carbons (Fsp3) is 0.929. The number of carbonyl (C=O) groups excluding carboxylic acids is 1. The van der Waals surface area contributed by atoms with Crippen molar-refractivity contribution in [1.29, 1.82) is 0 Å². The van der Waals surface area contributed by atoms with Crippen LogP contribution in [0.15, 0.2) is 0 Å². The fourth-order valence-corrected chi connectivity index (χ4v) is 3.12. The molecule has 0 aromatic heterocycles. The lowest BCUT2D eigenvalue weighted by Crippen LogP contribution is -2.44. The van der Waals surface area contributed by atoms with Crippen molar-refractivity contribution in [3.63, 3.8) is 0 Å². The number of nitrogens with one attached hydrogen (secondary N) is 2. The van der Waals surface area contributed by atoms with E-state index in [1.165, 1.54) is 12.8 Å². The molecule has 20 heavy (non-hydrogen) atoms. The van der Waals surface area contributed by atoms with Crippen LogP contribution in [-0.2, 0) is 4.79 Å². The molecule has 6 heteroatoms. The van der Waals surface area contributed by atoms with Gasteiger partial charge >= 0.3 is 0 Å². The van der Waals surface area contributed by atoms with Crippen molar-refractivity contribution in [2.24, 2.45) is 0 Å². The summed E-state index contributed by atoms with van der Waals surface area (Å²) in [6, 6.07) is 0. The van der Waals surface area contributed by atoms with Crippen LogP contribution in [0.25, 0.3) is 0 Å². The van der Waals surface area contributed by atoms with E-state index in [9.17, 15) is 4.79 Å². The summed E-state index contributed by atoms with van der Waals surface area (Å²) in [6.45, 7) is 10.6. The molecule has 1 amide bonds. The van der Waals surface area contributed by atoms with E-state index in [0.29, 0.717) is 0 Å². The van der Waals surface area contributed by atoms with Gasteiger partial charge in [-0.2, -0.15) is 0 Å². The van der Waals surface area contributed by atoms with Crippen molar-refractivity contribution >= 4 is 30.1 Å². The van der Waals surface area contributed by atoms with Gasteiger partial charge in [-0.05, 0) is 32.1 Å². The molecule has 1 aliphatic heterocycles. The zero-order valence-electron chi connectivity index (χ0n) is 12.8. The van der Waals surface area contributed by atoms with Gasteiger partial charge in [-0.25, -0.2) is 0 Å². The Morgan fingerprint density at radius 3 is 2.70 bits per heavy atom. The van der Waals surface area contributed by atoms with Crippen LogP contribution in [0.1, 0.15) is 33.1 Å². The Hall–Kier alpha value is 0.0300. The van der Waals surface area contributed by atoms with Gasteiger partial charge in [0, 0.05) is 32.7 Å². The Morgan fingerprint density at radius 2 is 2.05 bits per heavy atom. The second-order valence-electron chi connectivity index (χ2n) is 5.10. The average Bonchev–Trinajstić information content (AvgIpc) is 2.44. The minimum Gasteiger partial charge on any atom is -0.355 e. The van der Waals surface area contributed by atoms with Crippen LogP contribution in [0.4, 0.5) is 0 Å². The van der Waals surface area contributed by atoms with Crippen molar-refractivity contribution in [2.75, 3.05) is 45.0 Å². The average molecular weight is 324 g/mol. The number of unbranched alkanes of at least 4 members (excludes halogenated alkanes) is 1. The predicted molar refractivity (Wildman–Crippen MR) is 91.0 cm³/mol. The van der Waals surface area contributed by atoms with Gasteiger partial charge in [0.25, 0.3) is 0 Å². The number of piperazine rings is 1. The smallest absolute Gasteiger partial charge is 0.232 e. The maximum Gasteiger partial charge on any atom is 0.232 e. The van der Waals surface area contributed by atoms with Crippen molar-refractivity contribution in [2.45, 2.75) is 38.4 Å². The summed E-state index contributed by atoms with van der Waals surface area (Å²) in [5.74, 6) is 1.28. The summed E-state index contributed by atoms with van der Waals surface area (Å²) < 4.78 is 0. The standard InChI is InChI=1S/C14H29N3OS.ClH/c1-3-4-12-19-13(2)14(18)16-6-5-9-17-10-7-15-8-11-17;/h13,15H,3-12H2,1-2H3,(H,16,18);1H. The van der Waals surface area contributed by atoms with Gasteiger partial charge in [-0.15, -0.1) is 24.2 Å². The van der Waals surface area contributed by atoms with E-state index in [0.717, 1.165) is 51.4 Å². The van der Waals surface area contributed by atoms with Gasteiger partial charge in [-0.3, -0.25) is 4.79 Å². The topological polar surface area (TPSA) is 44.4 Å². The molecule has 0 saturated carbocycles.